The molecule has 1 aromatic carbocycles. The molecule has 0 saturated carbocycles. The highest BCUT2D eigenvalue weighted by Crippen LogP contribution is 2.32. The lowest BCUT2D eigenvalue weighted by molar-refractivity contribution is -0.124. The molecule has 6 heteroatoms. The Morgan fingerprint density at radius 1 is 1.50 bits per heavy atom. The van der Waals surface area contributed by atoms with Gasteiger partial charge in [-0.05, 0) is 31.5 Å². The minimum atomic E-state index is -1.15. The summed E-state index contributed by atoms with van der Waals surface area (Å²) in [4.78, 5) is 23.7. The fourth-order valence-electron chi connectivity index (χ4n) is 2.50. The van der Waals surface area contributed by atoms with Crippen LogP contribution >= 0.6 is 11.6 Å². The van der Waals surface area contributed by atoms with E-state index in [1.54, 1.807) is 12.1 Å². The number of halogens is 1. The summed E-state index contributed by atoms with van der Waals surface area (Å²) in [6, 6.07) is 4.67. The molecule has 0 aromatic heterocycles. The van der Waals surface area contributed by atoms with Crippen LogP contribution in [0.1, 0.15) is 30.1 Å². The number of rotatable bonds is 4. The van der Waals surface area contributed by atoms with Crippen molar-refractivity contribution < 1.29 is 14.7 Å². The largest absolute Gasteiger partial charge is 0.478 e. The highest BCUT2D eigenvalue weighted by Gasteiger charge is 2.39. The zero-order valence-corrected chi connectivity index (χ0v) is 12.0. The maximum atomic E-state index is 12.5. The summed E-state index contributed by atoms with van der Waals surface area (Å²) in [5.74, 6) is -1.31. The van der Waals surface area contributed by atoms with Crippen LogP contribution in [0.25, 0.3) is 0 Å². The fourth-order valence-corrected chi connectivity index (χ4v) is 2.76. The van der Waals surface area contributed by atoms with Crippen molar-refractivity contribution in [2.45, 2.75) is 19.8 Å². The topological polar surface area (TPSA) is 78.4 Å². The number of carbonyl (C=O) groups excluding carboxylic acids is 1. The lowest BCUT2D eigenvalue weighted by Gasteiger charge is -2.25. The second kappa shape index (κ2) is 5.81. The van der Waals surface area contributed by atoms with Gasteiger partial charge in [0.05, 0.1) is 16.1 Å². The van der Waals surface area contributed by atoms with Gasteiger partial charge in [0, 0.05) is 6.54 Å². The Kier molecular flexibility index (Phi) is 4.30. The normalized spacial score (nSPS) is 21.7. The third-order valence-corrected chi connectivity index (χ3v) is 4.19. The van der Waals surface area contributed by atoms with E-state index in [1.807, 2.05) is 6.92 Å². The molecule has 1 fully saturated rings. The Bertz CT molecular complexity index is 539. The number of carbonyl (C=O) groups is 2. The first-order valence-corrected chi connectivity index (χ1v) is 6.92. The molecule has 0 aliphatic carbocycles. The highest BCUT2D eigenvalue weighted by atomic mass is 35.5. The molecule has 1 unspecified atom stereocenters. The van der Waals surface area contributed by atoms with Gasteiger partial charge in [-0.1, -0.05) is 24.6 Å². The average Bonchev–Trinajstić information content (AvgIpc) is 2.88. The van der Waals surface area contributed by atoms with Gasteiger partial charge in [-0.25, -0.2) is 4.79 Å². The molecular formula is C14H17ClN2O3. The molecule has 20 heavy (non-hydrogen) atoms. The van der Waals surface area contributed by atoms with Crippen LogP contribution in [-0.2, 0) is 4.79 Å². The summed E-state index contributed by atoms with van der Waals surface area (Å²) >= 11 is 5.89. The summed E-state index contributed by atoms with van der Waals surface area (Å²) in [5, 5.41) is 15.2. The van der Waals surface area contributed by atoms with Crippen LogP contribution in [0.2, 0.25) is 5.02 Å². The first-order valence-electron chi connectivity index (χ1n) is 6.54. The first-order chi connectivity index (χ1) is 9.50. The minimum Gasteiger partial charge on any atom is -0.478 e. The Hall–Kier alpha value is -1.59. The van der Waals surface area contributed by atoms with Crippen LogP contribution in [-0.4, -0.2) is 30.1 Å². The highest BCUT2D eigenvalue weighted by molar-refractivity contribution is 6.34. The fraction of sp³-hybridized carbons (Fsp3) is 0.429. The van der Waals surface area contributed by atoms with Gasteiger partial charge in [0.25, 0.3) is 0 Å². The molecule has 1 aromatic rings. The smallest absolute Gasteiger partial charge is 0.339 e. The van der Waals surface area contributed by atoms with Crippen LogP contribution in [0.3, 0.4) is 0 Å². The number of carboxylic acid groups (broad SMARTS) is 1. The van der Waals surface area contributed by atoms with Crippen LogP contribution in [0.5, 0.6) is 0 Å². The SMILES string of the molecule is CCC1(C(=O)Nc2cccc(Cl)c2C(=O)O)CCNC1. The molecule has 0 radical (unpaired) electrons. The van der Waals surface area contributed by atoms with Gasteiger partial charge in [0.15, 0.2) is 0 Å². The molecule has 1 heterocycles. The van der Waals surface area contributed by atoms with Gasteiger partial charge in [-0.3, -0.25) is 4.79 Å². The Morgan fingerprint density at radius 3 is 2.80 bits per heavy atom. The average molecular weight is 297 g/mol. The van der Waals surface area contributed by atoms with Gasteiger partial charge < -0.3 is 15.7 Å². The monoisotopic (exact) mass is 296 g/mol. The third kappa shape index (κ3) is 2.64. The molecule has 5 nitrogen and oxygen atoms in total. The maximum Gasteiger partial charge on any atom is 0.339 e. The van der Waals surface area contributed by atoms with E-state index in [0.717, 1.165) is 13.0 Å². The van der Waals surface area contributed by atoms with E-state index in [4.69, 9.17) is 11.6 Å². The number of benzene rings is 1. The molecule has 2 rings (SSSR count). The summed E-state index contributed by atoms with van der Waals surface area (Å²) < 4.78 is 0. The van der Waals surface area contributed by atoms with Crippen molar-refractivity contribution in [2.75, 3.05) is 18.4 Å². The number of nitrogens with one attached hydrogen (secondary N) is 2. The quantitative estimate of drug-likeness (QED) is 0.797. The molecule has 1 aliphatic rings. The number of hydrogen-bond donors (Lipinski definition) is 3. The van der Waals surface area contributed by atoms with Crippen molar-refractivity contribution >= 4 is 29.2 Å². The number of aromatic carboxylic acids is 1. The van der Waals surface area contributed by atoms with Crippen LogP contribution < -0.4 is 10.6 Å². The Labute approximate surface area is 122 Å². The van der Waals surface area contributed by atoms with E-state index in [9.17, 15) is 14.7 Å². The van der Waals surface area contributed by atoms with Crippen LogP contribution in [0, 0.1) is 5.41 Å². The van der Waals surface area contributed by atoms with Crippen molar-refractivity contribution in [1.29, 1.82) is 0 Å². The van der Waals surface area contributed by atoms with E-state index in [2.05, 4.69) is 10.6 Å². The molecule has 1 atom stereocenters. The van der Waals surface area contributed by atoms with E-state index in [-0.39, 0.29) is 22.2 Å². The van der Waals surface area contributed by atoms with Gasteiger partial charge in [0.2, 0.25) is 5.91 Å². The van der Waals surface area contributed by atoms with Crippen molar-refractivity contribution in [3.8, 4) is 0 Å². The Morgan fingerprint density at radius 2 is 2.25 bits per heavy atom. The van der Waals surface area contributed by atoms with Gasteiger partial charge in [0.1, 0.15) is 5.56 Å². The standard InChI is InChI=1S/C14H17ClN2O3/c1-2-14(6-7-16-8-14)13(20)17-10-5-3-4-9(15)11(10)12(18)19/h3-5,16H,2,6-8H2,1H3,(H,17,20)(H,18,19). The molecule has 1 amide bonds. The van der Waals surface area contributed by atoms with Crippen molar-refractivity contribution in [3.05, 3.63) is 28.8 Å². The first kappa shape index (κ1) is 14.8. The molecular weight excluding hydrogens is 280 g/mol. The summed E-state index contributed by atoms with van der Waals surface area (Å²) in [7, 11) is 0. The second-order valence-electron chi connectivity index (χ2n) is 4.98. The van der Waals surface area contributed by atoms with E-state index in [1.165, 1.54) is 6.07 Å². The molecule has 3 N–H and O–H groups in total. The lowest BCUT2D eigenvalue weighted by atomic mass is 9.83. The van der Waals surface area contributed by atoms with Crippen molar-refractivity contribution in [2.24, 2.45) is 5.41 Å². The van der Waals surface area contributed by atoms with Crippen LogP contribution in [0.4, 0.5) is 5.69 Å². The van der Waals surface area contributed by atoms with Gasteiger partial charge in [-0.2, -0.15) is 0 Å². The maximum absolute atomic E-state index is 12.5. The zero-order valence-electron chi connectivity index (χ0n) is 11.2. The summed E-state index contributed by atoms with van der Waals surface area (Å²) in [5.41, 5.74) is -0.299. The molecule has 0 spiro atoms. The number of hydrogen-bond acceptors (Lipinski definition) is 3. The van der Waals surface area contributed by atoms with Crippen molar-refractivity contribution in [1.82, 2.24) is 5.32 Å². The number of carboxylic acids is 1. The number of anilines is 1. The van der Waals surface area contributed by atoms with Gasteiger partial charge >= 0.3 is 5.97 Å². The molecule has 108 valence electrons. The van der Waals surface area contributed by atoms with Crippen LogP contribution in [0.15, 0.2) is 18.2 Å². The molecule has 1 saturated heterocycles. The number of amides is 1. The van der Waals surface area contributed by atoms with E-state index in [0.29, 0.717) is 13.0 Å². The third-order valence-electron chi connectivity index (χ3n) is 3.88. The van der Waals surface area contributed by atoms with E-state index < -0.39 is 11.4 Å². The molecule has 0 bridgehead atoms. The van der Waals surface area contributed by atoms with Crippen molar-refractivity contribution in [3.63, 3.8) is 0 Å². The molecule has 1 aliphatic heterocycles. The van der Waals surface area contributed by atoms with E-state index >= 15 is 0 Å². The zero-order chi connectivity index (χ0) is 14.8. The summed E-state index contributed by atoms with van der Waals surface area (Å²) in [6.07, 6.45) is 1.45. The lowest BCUT2D eigenvalue weighted by Crippen LogP contribution is -2.38. The minimum absolute atomic E-state index is 0.0697. The predicted molar refractivity (Wildman–Crippen MR) is 77.3 cm³/mol. The Balaban J connectivity index is 2.28. The summed E-state index contributed by atoms with van der Waals surface area (Å²) in [6.45, 7) is 3.36. The predicted octanol–water partition coefficient (Wildman–Crippen LogP) is 2.37. The second-order valence-corrected chi connectivity index (χ2v) is 5.39. The van der Waals surface area contributed by atoms with Gasteiger partial charge in [-0.15, -0.1) is 0 Å².